The maximum absolute atomic E-state index is 5.86. The number of anilines is 2. The number of hydrogen-bond acceptors (Lipinski definition) is 3. The van der Waals surface area contributed by atoms with Gasteiger partial charge in [0, 0.05) is 22.7 Å². The van der Waals surface area contributed by atoms with Gasteiger partial charge in [-0.2, -0.15) is 11.8 Å². The van der Waals surface area contributed by atoms with E-state index in [1.165, 1.54) is 30.5 Å². The molecule has 3 N–H and O–H groups in total. The highest BCUT2D eigenvalue weighted by atomic mass is 32.2. The molecule has 1 aromatic rings. The van der Waals surface area contributed by atoms with Crippen molar-refractivity contribution in [2.75, 3.05) is 17.3 Å². The molecule has 2 rings (SSSR count). The van der Waals surface area contributed by atoms with E-state index in [2.05, 4.69) is 24.6 Å². The Morgan fingerprint density at radius 3 is 2.81 bits per heavy atom. The van der Waals surface area contributed by atoms with Gasteiger partial charge in [0.15, 0.2) is 0 Å². The van der Waals surface area contributed by atoms with Crippen LogP contribution in [0.2, 0.25) is 0 Å². The lowest BCUT2D eigenvalue weighted by molar-refractivity contribution is 0.768. The summed E-state index contributed by atoms with van der Waals surface area (Å²) in [4.78, 5) is 0. The van der Waals surface area contributed by atoms with Gasteiger partial charge < -0.3 is 11.1 Å². The molecule has 1 aliphatic carbocycles. The van der Waals surface area contributed by atoms with Crippen LogP contribution in [-0.4, -0.2) is 17.5 Å². The standard InChI is InChI=1S/C13H20N2S/c1-9-6-10(14)8-11(7-9)15-12-4-3-5-13(12)16-2/h6-8,12-13,15H,3-5,14H2,1-2H3. The molecule has 1 saturated carbocycles. The molecule has 0 radical (unpaired) electrons. The van der Waals surface area contributed by atoms with Crippen molar-refractivity contribution in [2.45, 2.75) is 37.5 Å². The Labute approximate surface area is 102 Å². The minimum Gasteiger partial charge on any atom is -0.399 e. The Morgan fingerprint density at radius 1 is 1.31 bits per heavy atom. The molecule has 1 aliphatic rings. The summed E-state index contributed by atoms with van der Waals surface area (Å²) in [5.41, 5.74) is 9.10. The fraction of sp³-hybridized carbons (Fsp3) is 0.538. The molecular weight excluding hydrogens is 216 g/mol. The number of nitrogens with two attached hydrogens (primary N) is 1. The van der Waals surface area contributed by atoms with Crippen LogP contribution in [0.1, 0.15) is 24.8 Å². The van der Waals surface area contributed by atoms with Crippen molar-refractivity contribution in [1.29, 1.82) is 0 Å². The van der Waals surface area contributed by atoms with Gasteiger partial charge in [-0.05, 0) is 49.8 Å². The third kappa shape index (κ3) is 2.64. The Hall–Kier alpha value is -0.830. The molecule has 0 bridgehead atoms. The summed E-state index contributed by atoms with van der Waals surface area (Å²) in [5, 5.41) is 4.37. The smallest absolute Gasteiger partial charge is 0.0379 e. The number of hydrogen-bond donors (Lipinski definition) is 2. The van der Waals surface area contributed by atoms with Gasteiger partial charge in [0.25, 0.3) is 0 Å². The van der Waals surface area contributed by atoms with Crippen LogP contribution in [0.4, 0.5) is 11.4 Å². The monoisotopic (exact) mass is 236 g/mol. The summed E-state index contributed by atoms with van der Waals surface area (Å²) in [5.74, 6) is 0. The fourth-order valence-corrected chi connectivity index (χ4v) is 3.42. The molecule has 0 heterocycles. The number of rotatable bonds is 3. The summed E-state index contributed by atoms with van der Waals surface area (Å²) in [6.07, 6.45) is 6.15. The highest BCUT2D eigenvalue weighted by molar-refractivity contribution is 7.99. The van der Waals surface area contributed by atoms with E-state index in [0.717, 1.165) is 10.9 Å². The van der Waals surface area contributed by atoms with E-state index in [0.29, 0.717) is 6.04 Å². The Kier molecular flexibility index (Phi) is 3.64. The molecule has 1 fully saturated rings. The maximum Gasteiger partial charge on any atom is 0.0379 e. The summed E-state index contributed by atoms with van der Waals surface area (Å²) in [6, 6.07) is 6.82. The Morgan fingerprint density at radius 2 is 2.12 bits per heavy atom. The minimum absolute atomic E-state index is 0.608. The van der Waals surface area contributed by atoms with Crippen molar-refractivity contribution in [1.82, 2.24) is 0 Å². The predicted molar refractivity (Wildman–Crippen MR) is 74.2 cm³/mol. The Balaban J connectivity index is 2.08. The van der Waals surface area contributed by atoms with Gasteiger partial charge >= 0.3 is 0 Å². The molecule has 0 saturated heterocycles. The van der Waals surface area contributed by atoms with Gasteiger partial charge in [-0.25, -0.2) is 0 Å². The van der Waals surface area contributed by atoms with Crippen LogP contribution in [0.25, 0.3) is 0 Å². The molecule has 0 aromatic heterocycles. The van der Waals surface area contributed by atoms with Crippen LogP contribution >= 0.6 is 11.8 Å². The van der Waals surface area contributed by atoms with Crippen molar-refractivity contribution in [3.05, 3.63) is 23.8 Å². The van der Waals surface area contributed by atoms with Crippen LogP contribution in [-0.2, 0) is 0 Å². The third-order valence-corrected chi connectivity index (χ3v) is 4.38. The average molecular weight is 236 g/mol. The number of aryl methyl sites for hydroxylation is 1. The second kappa shape index (κ2) is 5.00. The van der Waals surface area contributed by atoms with E-state index < -0.39 is 0 Å². The van der Waals surface area contributed by atoms with E-state index in [9.17, 15) is 0 Å². The molecule has 2 nitrogen and oxygen atoms in total. The Bertz CT molecular complexity index is 345. The number of nitrogen functional groups attached to an aromatic ring is 1. The largest absolute Gasteiger partial charge is 0.399 e. The zero-order chi connectivity index (χ0) is 11.5. The van der Waals surface area contributed by atoms with Gasteiger partial charge in [-0.15, -0.1) is 0 Å². The highest BCUT2D eigenvalue weighted by Gasteiger charge is 2.26. The van der Waals surface area contributed by atoms with Gasteiger partial charge in [0.1, 0.15) is 0 Å². The fourth-order valence-electron chi connectivity index (χ4n) is 2.48. The van der Waals surface area contributed by atoms with E-state index in [-0.39, 0.29) is 0 Å². The molecule has 1 aromatic carbocycles. The molecule has 2 unspecified atom stereocenters. The van der Waals surface area contributed by atoms with Gasteiger partial charge in [-0.3, -0.25) is 0 Å². The summed E-state index contributed by atoms with van der Waals surface area (Å²) < 4.78 is 0. The third-order valence-electron chi connectivity index (χ3n) is 3.21. The first-order valence-corrected chi connectivity index (χ1v) is 7.14. The van der Waals surface area contributed by atoms with Crippen molar-refractivity contribution in [2.24, 2.45) is 0 Å². The normalized spacial score (nSPS) is 24.6. The molecule has 16 heavy (non-hydrogen) atoms. The van der Waals surface area contributed by atoms with Crippen LogP contribution in [0.5, 0.6) is 0 Å². The number of thioether (sulfide) groups is 1. The lowest BCUT2D eigenvalue weighted by Gasteiger charge is -2.21. The van der Waals surface area contributed by atoms with Crippen molar-refractivity contribution in [3.63, 3.8) is 0 Å². The second-order valence-electron chi connectivity index (χ2n) is 4.59. The summed E-state index contributed by atoms with van der Waals surface area (Å²) >= 11 is 1.97. The van der Waals surface area contributed by atoms with Crippen molar-refractivity contribution < 1.29 is 0 Å². The number of benzene rings is 1. The van der Waals surface area contributed by atoms with Crippen LogP contribution < -0.4 is 11.1 Å². The second-order valence-corrected chi connectivity index (χ2v) is 5.67. The van der Waals surface area contributed by atoms with E-state index >= 15 is 0 Å². The first kappa shape index (κ1) is 11.6. The summed E-state index contributed by atoms with van der Waals surface area (Å²) in [7, 11) is 0. The highest BCUT2D eigenvalue weighted by Crippen LogP contribution is 2.31. The maximum atomic E-state index is 5.86. The van der Waals surface area contributed by atoms with Gasteiger partial charge in [-0.1, -0.05) is 6.42 Å². The topological polar surface area (TPSA) is 38.0 Å². The van der Waals surface area contributed by atoms with Gasteiger partial charge in [0.05, 0.1) is 0 Å². The predicted octanol–water partition coefficient (Wildman–Crippen LogP) is 3.27. The molecule has 0 amide bonds. The van der Waals surface area contributed by atoms with Crippen LogP contribution in [0.15, 0.2) is 18.2 Å². The van der Waals surface area contributed by atoms with E-state index in [1.807, 2.05) is 23.9 Å². The molecule has 2 atom stereocenters. The molecule has 3 heteroatoms. The minimum atomic E-state index is 0.608. The molecule has 0 aliphatic heterocycles. The van der Waals surface area contributed by atoms with E-state index in [1.54, 1.807) is 0 Å². The van der Waals surface area contributed by atoms with Crippen LogP contribution in [0, 0.1) is 6.92 Å². The average Bonchev–Trinajstić information content (AvgIpc) is 2.63. The van der Waals surface area contributed by atoms with E-state index in [4.69, 9.17) is 5.73 Å². The van der Waals surface area contributed by atoms with Gasteiger partial charge in [0.2, 0.25) is 0 Å². The lowest BCUT2D eigenvalue weighted by Crippen LogP contribution is -2.25. The summed E-state index contributed by atoms with van der Waals surface area (Å²) in [6.45, 7) is 2.09. The van der Waals surface area contributed by atoms with Crippen molar-refractivity contribution in [3.8, 4) is 0 Å². The quantitative estimate of drug-likeness (QED) is 0.791. The first-order valence-electron chi connectivity index (χ1n) is 5.85. The van der Waals surface area contributed by atoms with Crippen LogP contribution in [0.3, 0.4) is 0 Å². The molecular formula is C13H20N2S. The number of nitrogens with one attached hydrogen (secondary N) is 1. The lowest BCUT2D eigenvalue weighted by atomic mass is 10.1. The zero-order valence-corrected chi connectivity index (χ0v) is 10.8. The first-order chi connectivity index (χ1) is 7.69. The molecule has 0 spiro atoms. The van der Waals surface area contributed by atoms with Crippen molar-refractivity contribution >= 4 is 23.1 Å². The SMILES string of the molecule is CSC1CCCC1Nc1cc(C)cc(N)c1. The zero-order valence-electron chi connectivity index (χ0n) is 9.99. The molecule has 88 valence electrons.